The van der Waals surface area contributed by atoms with E-state index < -0.39 is 0 Å². The summed E-state index contributed by atoms with van der Waals surface area (Å²) in [7, 11) is 1.67. The van der Waals surface area contributed by atoms with Crippen LogP contribution in [0.15, 0.2) is 35.3 Å². The van der Waals surface area contributed by atoms with Crippen molar-refractivity contribution in [3.63, 3.8) is 0 Å². The van der Waals surface area contributed by atoms with Crippen LogP contribution in [0, 0.1) is 18.8 Å². The fraction of sp³-hybridized carbons (Fsp3) is 0.581. The smallest absolute Gasteiger partial charge is 0.309 e. The lowest BCUT2D eigenvalue weighted by Gasteiger charge is -2.23. The summed E-state index contributed by atoms with van der Waals surface area (Å²) in [5.74, 6) is 1.13. The number of carbonyl (C=O) groups is 1. The van der Waals surface area contributed by atoms with Crippen LogP contribution in [0.5, 0.6) is 0 Å². The first-order chi connectivity index (χ1) is 19.0. The molecule has 1 atom stereocenters. The summed E-state index contributed by atoms with van der Waals surface area (Å²) >= 11 is 0. The van der Waals surface area contributed by atoms with E-state index in [1.807, 2.05) is 13.0 Å². The van der Waals surface area contributed by atoms with Crippen LogP contribution in [-0.2, 0) is 32.0 Å². The molecule has 2 aromatic heterocycles. The lowest BCUT2D eigenvalue weighted by molar-refractivity contribution is -0.154. The van der Waals surface area contributed by atoms with Gasteiger partial charge in [0, 0.05) is 50.8 Å². The third-order valence-electron chi connectivity index (χ3n) is 8.31. The fourth-order valence-corrected chi connectivity index (χ4v) is 5.90. The molecule has 210 valence electrons. The molecule has 1 aliphatic carbocycles. The van der Waals surface area contributed by atoms with E-state index in [4.69, 9.17) is 19.2 Å². The van der Waals surface area contributed by atoms with Gasteiger partial charge >= 0.3 is 5.97 Å². The Balaban J connectivity index is 1.38. The molecule has 0 bridgehead atoms. The number of fused-ring (bicyclic) bond motifs is 1. The number of ether oxygens (including phenoxy) is 3. The van der Waals surface area contributed by atoms with Crippen LogP contribution in [-0.4, -0.2) is 53.5 Å². The molecule has 1 aromatic carbocycles. The maximum Gasteiger partial charge on any atom is 0.309 e. The normalized spacial score (nSPS) is 17.6. The number of hydrogen-bond donors (Lipinski definition) is 1. The number of aromatic nitrogens is 3. The summed E-state index contributed by atoms with van der Waals surface area (Å²) in [6.07, 6.45) is 10.3. The molecule has 1 aliphatic heterocycles. The molecule has 2 fully saturated rings. The highest BCUT2D eigenvalue weighted by atomic mass is 16.5. The lowest BCUT2D eigenvalue weighted by atomic mass is 9.96. The number of carbonyl (C=O) groups excluding carboxylic acids is 1. The molecule has 39 heavy (non-hydrogen) atoms. The average Bonchev–Trinajstić information content (AvgIpc) is 3.58. The average molecular weight is 536 g/mol. The Labute approximate surface area is 230 Å². The molecule has 3 aromatic rings. The maximum absolute atomic E-state index is 13.0. The molecule has 0 radical (unpaired) electrons. The predicted octanol–water partition coefficient (Wildman–Crippen LogP) is 5.20. The summed E-state index contributed by atoms with van der Waals surface area (Å²) in [6, 6.07) is 8.37. The summed E-state index contributed by atoms with van der Waals surface area (Å²) in [6.45, 7) is 4.81. The predicted molar refractivity (Wildman–Crippen MR) is 151 cm³/mol. The monoisotopic (exact) mass is 535 g/mol. The second kappa shape index (κ2) is 12.9. The molecule has 8 nitrogen and oxygen atoms in total. The second-order valence-electron chi connectivity index (χ2n) is 11.2. The van der Waals surface area contributed by atoms with Gasteiger partial charge in [0.15, 0.2) is 0 Å². The third kappa shape index (κ3) is 6.79. The van der Waals surface area contributed by atoms with Crippen LogP contribution in [0.1, 0.15) is 62.5 Å². The van der Waals surface area contributed by atoms with Gasteiger partial charge in [-0.25, -0.2) is 4.98 Å². The van der Waals surface area contributed by atoms with Crippen molar-refractivity contribution in [3.8, 4) is 11.4 Å². The molecule has 5 rings (SSSR count). The van der Waals surface area contributed by atoms with Crippen molar-refractivity contribution in [3.05, 3.63) is 51.9 Å². The minimum Gasteiger partial charge on any atom is -0.462 e. The molecule has 1 saturated heterocycles. The van der Waals surface area contributed by atoms with E-state index in [9.17, 15) is 9.59 Å². The van der Waals surface area contributed by atoms with Crippen molar-refractivity contribution in [1.82, 2.24) is 14.5 Å². The minimum atomic E-state index is -0.174. The Kier molecular flexibility index (Phi) is 9.14. The number of nitrogens with one attached hydrogen (secondary N) is 1. The molecular weight excluding hydrogens is 494 g/mol. The van der Waals surface area contributed by atoms with Crippen molar-refractivity contribution in [1.29, 1.82) is 0 Å². The quantitative estimate of drug-likeness (QED) is 0.339. The molecule has 0 unspecified atom stereocenters. The largest absolute Gasteiger partial charge is 0.462 e. The van der Waals surface area contributed by atoms with E-state index >= 15 is 0 Å². The standard InChI is InChI=1S/C31H41N3O5/c1-21-17-25(19-32-30(21)35)29-33-27-18-22(8-10-28(27)34(29)20-23-11-15-38-16-12-23)7-9-24(13-14-37-2)31(36)39-26-5-3-4-6-26/h8,10,17-19,23-24,26H,3-7,9,11-16,20H2,1-2H3,(H,32,35)/t24-/m0/s1. The number of esters is 1. The zero-order valence-electron chi connectivity index (χ0n) is 23.2. The van der Waals surface area contributed by atoms with Crippen LogP contribution in [0.4, 0.5) is 0 Å². The highest BCUT2D eigenvalue weighted by molar-refractivity contribution is 5.81. The Morgan fingerprint density at radius 2 is 1.95 bits per heavy atom. The molecule has 0 spiro atoms. The highest BCUT2D eigenvalue weighted by Crippen LogP contribution is 2.30. The van der Waals surface area contributed by atoms with Crippen LogP contribution in [0.25, 0.3) is 22.4 Å². The van der Waals surface area contributed by atoms with E-state index in [1.165, 1.54) is 0 Å². The maximum atomic E-state index is 13.0. The Hall–Kier alpha value is -2.97. The van der Waals surface area contributed by atoms with Gasteiger partial charge in [-0.1, -0.05) is 6.07 Å². The summed E-state index contributed by atoms with van der Waals surface area (Å²) in [5, 5.41) is 0. The van der Waals surface area contributed by atoms with E-state index in [0.717, 1.165) is 99.1 Å². The fourth-order valence-electron chi connectivity index (χ4n) is 5.90. The number of aryl methyl sites for hydroxylation is 2. The SMILES string of the molecule is COCC[C@H](CCc1ccc2c(c1)nc(-c1c[nH]c(=O)c(C)c1)n2CC1CCOCC1)C(=O)OC1CCCC1. The lowest BCUT2D eigenvalue weighted by Crippen LogP contribution is -2.24. The van der Waals surface area contributed by atoms with Gasteiger partial charge in [-0.15, -0.1) is 0 Å². The zero-order valence-corrected chi connectivity index (χ0v) is 23.2. The molecule has 1 saturated carbocycles. The number of methoxy groups -OCH3 is 1. The zero-order chi connectivity index (χ0) is 27.2. The summed E-state index contributed by atoms with van der Waals surface area (Å²) in [5.41, 5.74) is 4.66. The van der Waals surface area contributed by atoms with E-state index in [2.05, 4.69) is 27.8 Å². The second-order valence-corrected chi connectivity index (χ2v) is 11.2. The topological polar surface area (TPSA) is 95.4 Å². The minimum absolute atomic E-state index is 0.0774. The number of benzene rings is 1. The van der Waals surface area contributed by atoms with Crippen LogP contribution in [0.2, 0.25) is 0 Å². The third-order valence-corrected chi connectivity index (χ3v) is 8.31. The van der Waals surface area contributed by atoms with E-state index in [0.29, 0.717) is 24.5 Å². The first-order valence-electron chi connectivity index (χ1n) is 14.5. The van der Waals surface area contributed by atoms with Gasteiger partial charge in [0.1, 0.15) is 11.9 Å². The van der Waals surface area contributed by atoms with Crippen molar-refractivity contribution in [2.24, 2.45) is 11.8 Å². The van der Waals surface area contributed by atoms with Crippen LogP contribution >= 0.6 is 0 Å². The van der Waals surface area contributed by atoms with Crippen molar-refractivity contribution in [2.45, 2.75) is 77.4 Å². The number of H-pyrrole nitrogens is 1. The van der Waals surface area contributed by atoms with Crippen molar-refractivity contribution in [2.75, 3.05) is 26.9 Å². The van der Waals surface area contributed by atoms with E-state index in [1.54, 1.807) is 13.3 Å². The van der Waals surface area contributed by atoms with Gasteiger partial charge in [-0.05, 0) is 94.4 Å². The molecule has 3 heterocycles. The van der Waals surface area contributed by atoms with Crippen LogP contribution in [0.3, 0.4) is 0 Å². The first kappa shape index (κ1) is 27.6. The molecule has 1 N–H and O–H groups in total. The Morgan fingerprint density at radius 1 is 1.15 bits per heavy atom. The van der Waals surface area contributed by atoms with Gasteiger partial charge in [-0.3, -0.25) is 9.59 Å². The highest BCUT2D eigenvalue weighted by Gasteiger charge is 2.26. The molecular formula is C31H41N3O5. The Bertz CT molecular complexity index is 1320. The van der Waals surface area contributed by atoms with Gasteiger partial charge < -0.3 is 23.8 Å². The number of imidazole rings is 1. The number of pyridine rings is 1. The van der Waals surface area contributed by atoms with Crippen molar-refractivity contribution >= 4 is 17.0 Å². The first-order valence-corrected chi connectivity index (χ1v) is 14.5. The summed E-state index contributed by atoms with van der Waals surface area (Å²) in [4.78, 5) is 32.9. The molecule has 0 amide bonds. The van der Waals surface area contributed by atoms with E-state index in [-0.39, 0.29) is 23.6 Å². The summed E-state index contributed by atoms with van der Waals surface area (Å²) < 4.78 is 19.0. The molecule has 8 heteroatoms. The van der Waals surface area contributed by atoms with Gasteiger partial charge in [0.05, 0.1) is 17.0 Å². The number of aromatic amines is 1. The van der Waals surface area contributed by atoms with Crippen molar-refractivity contribution < 1.29 is 19.0 Å². The number of rotatable bonds is 11. The van der Waals surface area contributed by atoms with Crippen LogP contribution < -0.4 is 5.56 Å². The molecule has 2 aliphatic rings. The Morgan fingerprint density at radius 3 is 2.69 bits per heavy atom. The number of nitrogens with zero attached hydrogens (tertiary/aromatic N) is 2. The van der Waals surface area contributed by atoms with Gasteiger partial charge in [-0.2, -0.15) is 0 Å². The van der Waals surface area contributed by atoms with Gasteiger partial charge in [0.25, 0.3) is 5.56 Å². The number of hydrogen-bond acceptors (Lipinski definition) is 6. The van der Waals surface area contributed by atoms with Gasteiger partial charge in [0.2, 0.25) is 0 Å².